The number of anilines is 1. The van der Waals surface area contributed by atoms with Crippen LogP contribution in [0.15, 0.2) is 24.3 Å². The molecule has 11 heteroatoms. The number of nitrogens with one attached hydrogen (secondary N) is 1. The van der Waals surface area contributed by atoms with Crippen LogP contribution in [0.4, 0.5) is 19.0 Å². The van der Waals surface area contributed by atoms with E-state index in [0.29, 0.717) is 44.2 Å². The third-order valence-corrected chi connectivity index (χ3v) is 7.44. The molecule has 0 spiro atoms. The van der Waals surface area contributed by atoms with Crippen LogP contribution in [-0.4, -0.2) is 66.8 Å². The second-order valence-corrected chi connectivity index (χ2v) is 9.89. The topological polar surface area (TPSA) is 86.5 Å². The molecule has 2 fully saturated rings. The zero-order valence-corrected chi connectivity index (χ0v) is 20.8. The number of aromatic nitrogens is 2. The number of benzene rings is 1. The number of ether oxygens (including phenoxy) is 2. The van der Waals surface area contributed by atoms with Crippen LogP contribution in [0.5, 0.6) is 6.01 Å². The fourth-order valence-corrected chi connectivity index (χ4v) is 5.42. The Kier molecular flexibility index (Phi) is 7.51. The van der Waals surface area contributed by atoms with Crippen molar-refractivity contribution in [3.63, 3.8) is 0 Å². The smallest absolute Gasteiger partial charge is 0.416 e. The van der Waals surface area contributed by atoms with Crippen LogP contribution in [0.25, 0.3) is 0 Å². The molecule has 1 aromatic heterocycles. The summed E-state index contributed by atoms with van der Waals surface area (Å²) in [6, 6.07) is 8.25. The maximum atomic E-state index is 13.7. The first-order valence-corrected chi connectivity index (χ1v) is 12.7. The van der Waals surface area contributed by atoms with Gasteiger partial charge in [0, 0.05) is 43.7 Å². The average molecular weight is 517 g/mol. The van der Waals surface area contributed by atoms with Crippen LogP contribution in [-0.2, 0) is 23.9 Å². The molecule has 3 aliphatic rings. The van der Waals surface area contributed by atoms with Crippen molar-refractivity contribution in [3.05, 3.63) is 46.6 Å². The summed E-state index contributed by atoms with van der Waals surface area (Å²) in [5.74, 6) is 0.673. The number of hydrogen-bond donors (Lipinski definition) is 1. The number of likely N-dealkylation sites (tertiary alicyclic amines) is 1. The molecule has 2 saturated heterocycles. The van der Waals surface area contributed by atoms with E-state index in [9.17, 15) is 13.2 Å². The van der Waals surface area contributed by atoms with Gasteiger partial charge in [0.1, 0.15) is 12.4 Å². The maximum Gasteiger partial charge on any atom is 0.416 e. The summed E-state index contributed by atoms with van der Waals surface area (Å²) < 4.78 is 53.2. The Balaban J connectivity index is 1.46. The minimum Gasteiger partial charge on any atom is -0.462 e. The summed E-state index contributed by atoms with van der Waals surface area (Å²) in [5.41, 5.74) is 0.819. The highest BCUT2D eigenvalue weighted by Crippen LogP contribution is 2.40. The van der Waals surface area contributed by atoms with E-state index in [-0.39, 0.29) is 36.7 Å². The van der Waals surface area contributed by atoms with Gasteiger partial charge < -0.3 is 24.6 Å². The first-order valence-electron chi connectivity index (χ1n) is 12.7. The number of piperazine rings is 1. The van der Waals surface area contributed by atoms with Crippen LogP contribution in [0, 0.1) is 11.3 Å². The fourth-order valence-electron chi connectivity index (χ4n) is 5.42. The molecule has 8 nitrogen and oxygen atoms in total. The molecule has 3 aliphatic heterocycles. The molecule has 3 atom stereocenters. The van der Waals surface area contributed by atoms with E-state index >= 15 is 0 Å². The molecule has 1 aromatic carbocycles. The number of likely N-dealkylation sites (N-methyl/N-ethyl adjacent to an activating group) is 1. The van der Waals surface area contributed by atoms with Gasteiger partial charge in [-0.25, -0.2) is 0 Å². The number of rotatable bonds is 6. The van der Waals surface area contributed by atoms with Gasteiger partial charge in [0.05, 0.1) is 36.5 Å². The molecular weight excluding hydrogens is 485 g/mol. The van der Waals surface area contributed by atoms with Gasteiger partial charge in [-0.3, -0.25) is 0 Å². The summed E-state index contributed by atoms with van der Waals surface area (Å²) in [5, 5.41) is 12.5. The lowest BCUT2D eigenvalue weighted by atomic mass is 9.95. The van der Waals surface area contributed by atoms with Gasteiger partial charge in [0.15, 0.2) is 0 Å². The zero-order chi connectivity index (χ0) is 26.0. The van der Waals surface area contributed by atoms with Crippen molar-refractivity contribution in [2.24, 2.45) is 0 Å². The van der Waals surface area contributed by atoms with Gasteiger partial charge in [-0.15, -0.1) is 0 Å². The number of alkyl halides is 3. The molecule has 0 aliphatic carbocycles. The predicted octanol–water partition coefficient (Wildman–Crippen LogP) is 3.47. The maximum absolute atomic E-state index is 13.7. The normalized spacial score (nSPS) is 24.5. The Bertz CT molecular complexity index is 1150. The van der Waals surface area contributed by atoms with Gasteiger partial charge in [-0.2, -0.15) is 28.4 Å². The third kappa shape index (κ3) is 5.66. The van der Waals surface area contributed by atoms with Crippen molar-refractivity contribution in [2.45, 2.75) is 56.7 Å². The van der Waals surface area contributed by atoms with Crippen LogP contribution < -0.4 is 15.0 Å². The number of fused-ring (bicyclic) bond motifs is 1. The van der Waals surface area contributed by atoms with Crippen LogP contribution >= 0.6 is 0 Å². The van der Waals surface area contributed by atoms with Gasteiger partial charge in [0.2, 0.25) is 0 Å². The summed E-state index contributed by atoms with van der Waals surface area (Å²) in [7, 11) is 2.07. The lowest BCUT2D eigenvalue weighted by Gasteiger charge is -2.36. The van der Waals surface area contributed by atoms with Crippen LogP contribution in [0.1, 0.15) is 47.8 Å². The van der Waals surface area contributed by atoms with E-state index in [1.807, 2.05) is 0 Å². The molecule has 0 saturated carbocycles. The molecule has 4 heterocycles. The average Bonchev–Trinajstić information content (AvgIpc) is 3.31. The molecule has 1 N–H and O–H groups in total. The van der Waals surface area contributed by atoms with Gasteiger partial charge >= 0.3 is 12.2 Å². The highest BCUT2D eigenvalue weighted by molar-refractivity contribution is 5.52. The number of halogens is 3. The highest BCUT2D eigenvalue weighted by Gasteiger charge is 2.37. The van der Waals surface area contributed by atoms with Gasteiger partial charge in [-0.05, 0) is 38.1 Å². The molecule has 0 radical (unpaired) electrons. The second-order valence-electron chi connectivity index (χ2n) is 9.89. The van der Waals surface area contributed by atoms with E-state index in [2.05, 4.69) is 33.2 Å². The van der Waals surface area contributed by atoms with Crippen molar-refractivity contribution in [1.29, 1.82) is 5.26 Å². The summed E-state index contributed by atoms with van der Waals surface area (Å²) in [4.78, 5) is 13.8. The first-order chi connectivity index (χ1) is 17.8. The lowest BCUT2D eigenvalue weighted by molar-refractivity contribution is -0.139. The molecule has 5 rings (SSSR count). The monoisotopic (exact) mass is 516 g/mol. The van der Waals surface area contributed by atoms with E-state index in [1.165, 1.54) is 12.1 Å². The standard InChI is InChI=1S/C26H31F3N6O2/c1-34-11-4-5-18(34)15-37-25-32-22-13-23(19-6-2-3-7-21(19)26(27,28)29)36-16-20(22)24(33-25)35-12-10-31-17(14-35)8-9-30/h2-3,6-7,17-18,23,31H,4-5,8,10-16H2,1H3/t17-,18?,23?/m0/s1. The Morgan fingerprint density at radius 1 is 1.24 bits per heavy atom. The van der Waals surface area contributed by atoms with Crippen molar-refractivity contribution >= 4 is 5.82 Å². The van der Waals surface area contributed by atoms with Gasteiger partial charge in [-0.1, -0.05) is 18.2 Å². The minimum atomic E-state index is -4.48. The molecule has 198 valence electrons. The lowest BCUT2D eigenvalue weighted by Crippen LogP contribution is -2.51. The largest absolute Gasteiger partial charge is 0.462 e. The molecule has 0 amide bonds. The predicted molar refractivity (Wildman–Crippen MR) is 130 cm³/mol. The quantitative estimate of drug-likeness (QED) is 0.625. The Morgan fingerprint density at radius 2 is 2.08 bits per heavy atom. The van der Waals surface area contributed by atoms with Crippen LogP contribution in [0.2, 0.25) is 0 Å². The molecule has 37 heavy (non-hydrogen) atoms. The van der Waals surface area contributed by atoms with Crippen molar-refractivity contribution in [2.75, 3.05) is 44.7 Å². The van der Waals surface area contributed by atoms with Crippen molar-refractivity contribution in [3.8, 4) is 12.1 Å². The second kappa shape index (κ2) is 10.8. The number of hydrogen-bond acceptors (Lipinski definition) is 8. The van der Waals surface area contributed by atoms with Crippen LogP contribution in [0.3, 0.4) is 0 Å². The number of nitriles is 1. The fraction of sp³-hybridized carbons (Fsp3) is 0.577. The first kappa shape index (κ1) is 25.7. The Morgan fingerprint density at radius 3 is 2.84 bits per heavy atom. The van der Waals surface area contributed by atoms with Crippen molar-refractivity contribution < 1.29 is 22.6 Å². The molecule has 0 bridgehead atoms. The summed E-state index contributed by atoms with van der Waals surface area (Å²) in [6.07, 6.45) is -2.56. The Hall–Kier alpha value is -2.94. The number of nitrogens with zero attached hydrogens (tertiary/aromatic N) is 5. The highest BCUT2D eigenvalue weighted by atomic mass is 19.4. The molecular formula is C26H31F3N6O2. The van der Waals surface area contributed by atoms with Gasteiger partial charge in [0.25, 0.3) is 0 Å². The summed E-state index contributed by atoms with van der Waals surface area (Å²) in [6.45, 7) is 3.52. The van der Waals surface area contributed by atoms with E-state index < -0.39 is 17.8 Å². The third-order valence-electron chi connectivity index (χ3n) is 7.44. The van der Waals surface area contributed by atoms with E-state index in [4.69, 9.17) is 19.7 Å². The molecule has 2 aromatic rings. The SMILES string of the molecule is CN1CCCC1COc1nc2c(c(N3CCN[C@@H](CC#N)C3)n1)COC(c1ccccc1C(F)(F)F)C2. The minimum absolute atomic E-state index is 0.00297. The van der Waals surface area contributed by atoms with Crippen molar-refractivity contribution in [1.82, 2.24) is 20.2 Å². The molecule has 2 unspecified atom stereocenters. The zero-order valence-electron chi connectivity index (χ0n) is 20.8. The summed E-state index contributed by atoms with van der Waals surface area (Å²) >= 11 is 0. The van der Waals surface area contributed by atoms with E-state index in [0.717, 1.165) is 31.0 Å². The Labute approximate surface area is 214 Å². The van der Waals surface area contributed by atoms with E-state index in [1.54, 1.807) is 6.07 Å².